The second-order valence-corrected chi connectivity index (χ2v) is 8.97. The maximum absolute atomic E-state index is 12.4. The molecule has 2 atom stereocenters. The minimum atomic E-state index is -0.0195. The fourth-order valence-corrected chi connectivity index (χ4v) is 4.93. The summed E-state index contributed by atoms with van der Waals surface area (Å²) in [6.45, 7) is 7.86. The Morgan fingerprint density at radius 3 is 2.69 bits per heavy atom. The smallest absolute Gasteiger partial charge is 0.219 e. The molecule has 6 heteroatoms. The van der Waals surface area contributed by atoms with E-state index in [1.54, 1.807) is 21.1 Å². The Morgan fingerprint density at radius 2 is 1.97 bits per heavy atom. The number of benzene rings is 2. The predicted octanol–water partition coefficient (Wildman–Crippen LogP) is 4.03. The van der Waals surface area contributed by atoms with Crippen LogP contribution in [-0.4, -0.2) is 55.7 Å². The van der Waals surface area contributed by atoms with Crippen LogP contribution in [0, 0.1) is 12.8 Å². The minimum absolute atomic E-state index is 0.0195. The molecule has 0 aliphatic carbocycles. The number of rotatable bonds is 5. The number of amides is 1. The molecular weight excluding hydrogens is 404 g/mol. The van der Waals surface area contributed by atoms with Crippen molar-refractivity contribution < 1.29 is 19.0 Å². The maximum Gasteiger partial charge on any atom is 0.219 e. The van der Waals surface area contributed by atoms with Gasteiger partial charge < -0.3 is 19.1 Å². The number of carbonyl (C=O) groups is 1. The van der Waals surface area contributed by atoms with Crippen molar-refractivity contribution in [1.82, 2.24) is 9.80 Å². The zero-order valence-corrected chi connectivity index (χ0v) is 19.6. The van der Waals surface area contributed by atoms with Crippen molar-refractivity contribution in [3.05, 3.63) is 53.1 Å². The summed E-state index contributed by atoms with van der Waals surface area (Å²) in [6, 6.07) is 12.3. The van der Waals surface area contributed by atoms with E-state index in [0.29, 0.717) is 19.0 Å². The van der Waals surface area contributed by atoms with E-state index >= 15 is 0 Å². The number of likely N-dealkylation sites (tertiary alicyclic amines) is 1. The highest BCUT2D eigenvalue weighted by Crippen LogP contribution is 2.33. The van der Waals surface area contributed by atoms with Crippen LogP contribution in [0.3, 0.4) is 0 Å². The minimum Gasteiger partial charge on any atom is -0.497 e. The zero-order chi connectivity index (χ0) is 22.7. The summed E-state index contributed by atoms with van der Waals surface area (Å²) < 4.78 is 17.3. The van der Waals surface area contributed by atoms with Gasteiger partial charge in [0.25, 0.3) is 0 Å². The normalized spacial score (nSPS) is 21.3. The average Bonchev–Trinajstić information content (AvgIpc) is 2.99. The van der Waals surface area contributed by atoms with Gasteiger partial charge in [-0.05, 0) is 61.7 Å². The molecule has 1 fully saturated rings. The number of ether oxygens (including phenoxy) is 3. The van der Waals surface area contributed by atoms with Crippen LogP contribution in [0.25, 0.3) is 0 Å². The Labute approximate surface area is 191 Å². The number of fused-ring (bicyclic) bond motifs is 1. The molecule has 4 rings (SSSR count). The third-order valence-corrected chi connectivity index (χ3v) is 6.69. The quantitative estimate of drug-likeness (QED) is 0.705. The van der Waals surface area contributed by atoms with E-state index in [9.17, 15) is 4.79 Å². The monoisotopic (exact) mass is 438 g/mol. The van der Waals surface area contributed by atoms with Gasteiger partial charge in [0, 0.05) is 38.0 Å². The molecule has 32 heavy (non-hydrogen) atoms. The number of piperidine rings is 1. The Morgan fingerprint density at radius 1 is 1.12 bits per heavy atom. The van der Waals surface area contributed by atoms with Crippen molar-refractivity contribution in [3.8, 4) is 17.2 Å². The van der Waals surface area contributed by atoms with E-state index in [1.807, 2.05) is 23.1 Å². The molecule has 0 N–H and O–H groups in total. The molecule has 0 radical (unpaired) electrons. The molecule has 0 unspecified atom stereocenters. The first-order valence-corrected chi connectivity index (χ1v) is 11.4. The Bertz CT molecular complexity index is 961. The molecule has 1 saturated heterocycles. The van der Waals surface area contributed by atoms with Crippen molar-refractivity contribution in [3.63, 3.8) is 0 Å². The van der Waals surface area contributed by atoms with Gasteiger partial charge in [0.2, 0.25) is 5.91 Å². The first-order valence-electron chi connectivity index (χ1n) is 11.4. The van der Waals surface area contributed by atoms with E-state index in [4.69, 9.17) is 14.2 Å². The number of methoxy groups -OCH3 is 2. The summed E-state index contributed by atoms with van der Waals surface area (Å²) in [7, 11) is 3.37. The lowest BCUT2D eigenvalue weighted by atomic mass is 9.91. The number of hydrogen-bond acceptors (Lipinski definition) is 5. The van der Waals surface area contributed by atoms with E-state index in [1.165, 1.54) is 5.56 Å². The molecule has 2 aromatic rings. The predicted molar refractivity (Wildman–Crippen MR) is 124 cm³/mol. The summed E-state index contributed by atoms with van der Waals surface area (Å²) in [6.07, 6.45) is 2.23. The van der Waals surface area contributed by atoms with E-state index in [2.05, 4.69) is 30.0 Å². The van der Waals surface area contributed by atoms with Gasteiger partial charge in [-0.15, -0.1) is 0 Å². The van der Waals surface area contributed by atoms with Gasteiger partial charge in [0.05, 0.1) is 20.8 Å². The van der Waals surface area contributed by atoms with Crippen LogP contribution in [0.4, 0.5) is 0 Å². The fourth-order valence-electron chi connectivity index (χ4n) is 4.93. The summed E-state index contributed by atoms with van der Waals surface area (Å²) in [5.41, 5.74) is 3.46. The third-order valence-electron chi connectivity index (χ3n) is 6.69. The average molecular weight is 439 g/mol. The second-order valence-electron chi connectivity index (χ2n) is 8.97. The Hall–Kier alpha value is -2.73. The summed E-state index contributed by atoms with van der Waals surface area (Å²) in [4.78, 5) is 16.8. The van der Waals surface area contributed by atoms with Crippen LogP contribution in [0.1, 0.15) is 36.5 Å². The number of nitrogens with zero attached hydrogens (tertiary/aromatic N) is 2. The van der Waals surface area contributed by atoms with Gasteiger partial charge in [0.15, 0.2) is 0 Å². The van der Waals surface area contributed by atoms with E-state index < -0.39 is 0 Å². The SMILES string of the molecule is COc1ccc2c(c1)CN(C(C)=O)C[C@@H]([C@H]1CCCN(Cc3ccc(OC)c(C)c3)C1)O2. The fraction of sp³-hybridized carbons (Fsp3) is 0.500. The topological polar surface area (TPSA) is 51.2 Å². The third kappa shape index (κ3) is 5.01. The number of hydrogen-bond donors (Lipinski definition) is 0. The van der Waals surface area contributed by atoms with Gasteiger partial charge in [-0.2, -0.15) is 0 Å². The van der Waals surface area contributed by atoms with Gasteiger partial charge in [-0.1, -0.05) is 12.1 Å². The van der Waals surface area contributed by atoms with Crippen LogP contribution in [0.5, 0.6) is 17.2 Å². The molecule has 172 valence electrons. The standard InChI is InChI=1S/C26H34N2O4/c1-18-12-20(7-9-24(18)31-4)14-27-11-5-6-21(15-27)26-17-28(19(2)29)16-22-13-23(30-3)8-10-25(22)32-26/h7-10,12-13,21,26H,5-6,11,14-17H2,1-4H3/t21-,26-/m0/s1. The van der Waals surface area contributed by atoms with Crippen molar-refractivity contribution >= 4 is 5.91 Å². The molecule has 6 nitrogen and oxygen atoms in total. The zero-order valence-electron chi connectivity index (χ0n) is 19.6. The lowest BCUT2D eigenvalue weighted by Gasteiger charge is -2.37. The molecule has 0 aromatic heterocycles. The maximum atomic E-state index is 12.4. The lowest BCUT2D eigenvalue weighted by molar-refractivity contribution is -0.130. The number of carbonyl (C=O) groups excluding carboxylic acids is 1. The van der Waals surface area contributed by atoms with Crippen molar-refractivity contribution in [2.75, 3.05) is 33.9 Å². The molecular formula is C26H34N2O4. The van der Waals surface area contributed by atoms with Crippen molar-refractivity contribution in [2.45, 2.75) is 45.9 Å². The molecule has 0 saturated carbocycles. The van der Waals surface area contributed by atoms with Gasteiger partial charge in [-0.3, -0.25) is 9.69 Å². The first kappa shape index (κ1) is 22.5. The van der Waals surface area contributed by atoms with Crippen LogP contribution in [0.15, 0.2) is 36.4 Å². The van der Waals surface area contributed by atoms with E-state index in [-0.39, 0.29) is 12.0 Å². The van der Waals surface area contributed by atoms with Crippen molar-refractivity contribution in [2.24, 2.45) is 5.92 Å². The largest absolute Gasteiger partial charge is 0.497 e. The van der Waals surface area contributed by atoms with Crippen LogP contribution < -0.4 is 14.2 Å². The van der Waals surface area contributed by atoms with Crippen LogP contribution in [-0.2, 0) is 17.9 Å². The molecule has 0 bridgehead atoms. The molecule has 2 aliphatic heterocycles. The second kappa shape index (κ2) is 9.82. The Kier molecular flexibility index (Phi) is 6.89. The van der Waals surface area contributed by atoms with E-state index in [0.717, 1.165) is 60.9 Å². The molecule has 2 heterocycles. The van der Waals surface area contributed by atoms with Crippen LogP contribution in [0.2, 0.25) is 0 Å². The molecule has 2 aromatic carbocycles. The highest BCUT2D eigenvalue weighted by Gasteiger charge is 2.33. The molecule has 1 amide bonds. The highest BCUT2D eigenvalue weighted by molar-refractivity contribution is 5.73. The molecule has 2 aliphatic rings. The molecule has 0 spiro atoms. The summed E-state index contributed by atoms with van der Waals surface area (Å²) in [5.74, 6) is 3.03. The summed E-state index contributed by atoms with van der Waals surface area (Å²) >= 11 is 0. The van der Waals surface area contributed by atoms with Crippen LogP contribution >= 0.6 is 0 Å². The number of aryl methyl sites for hydroxylation is 1. The highest BCUT2D eigenvalue weighted by atomic mass is 16.5. The van der Waals surface area contributed by atoms with Gasteiger partial charge in [-0.25, -0.2) is 0 Å². The Balaban J connectivity index is 1.49. The van der Waals surface area contributed by atoms with Crippen molar-refractivity contribution in [1.29, 1.82) is 0 Å². The summed E-state index contributed by atoms with van der Waals surface area (Å²) in [5, 5.41) is 0. The van der Waals surface area contributed by atoms with Gasteiger partial charge >= 0.3 is 0 Å². The van der Waals surface area contributed by atoms with Gasteiger partial charge in [0.1, 0.15) is 23.4 Å². The lowest BCUT2D eigenvalue weighted by Crippen LogP contribution is -2.46. The first-order chi connectivity index (χ1) is 15.5.